The summed E-state index contributed by atoms with van der Waals surface area (Å²) in [6, 6.07) is 0. The van der Waals surface area contributed by atoms with Crippen LogP contribution in [-0.2, 0) is 36.7 Å². The molecule has 0 saturated carbocycles. The Morgan fingerprint density at radius 3 is 2.20 bits per heavy atom. The number of hydrogen-bond acceptors (Lipinski definition) is 3. The van der Waals surface area contributed by atoms with Crippen molar-refractivity contribution in [1.29, 1.82) is 0 Å². The van der Waals surface area contributed by atoms with Gasteiger partial charge in [-0.15, -0.1) is 0 Å². The normalized spacial score (nSPS) is 7.70. The maximum Gasteiger partial charge on any atom is 0.306 e. The summed E-state index contributed by atoms with van der Waals surface area (Å²) in [4.78, 5) is 20.0. The molecule has 1 N–H and O–H groups in total. The van der Waals surface area contributed by atoms with Crippen molar-refractivity contribution >= 4 is 11.9 Å². The number of rotatable bonds is 3. The topological polar surface area (TPSA) is 63.6 Å². The minimum Gasteiger partial charge on any atom is -0.481 e. The van der Waals surface area contributed by atoms with Crippen molar-refractivity contribution in [3.63, 3.8) is 0 Å². The van der Waals surface area contributed by atoms with E-state index >= 15 is 0 Å². The molecule has 0 aromatic rings. The molecule has 1 radical (unpaired) electrons. The SMILES string of the molecule is COC(=O)CCC(=O)O.[Ag]. The minimum absolute atomic E-state index is 0. The summed E-state index contributed by atoms with van der Waals surface area (Å²) in [5.74, 6) is -1.47. The van der Waals surface area contributed by atoms with E-state index in [4.69, 9.17) is 5.11 Å². The second kappa shape index (κ2) is 6.80. The first kappa shape index (κ1) is 12.4. The van der Waals surface area contributed by atoms with Crippen LogP contribution in [0.4, 0.5) is 0 Å². The van der Waals surface area contributed by atoms with E-state index in [1.165, 1.54) is 7.11 Å². The molecule has 0 aliphatic rings. The zero-order valence-electron chi connectivity index (χ0n) is 5.39. The van der Waals surface area contributed by atoms with Crippen molar-refractivity contribution in [3.8, 4) is 0 Å². The van der Waals surface area contributed by atoms with Crippen LogP contribution < -0.4 is 0 Å². The smallest absolute Gasteiger partial charge is 0.306 e. The average molecular weight is 240 g/mol. The Morgan fingerprint density at radius 1 is 1.40 bits per heavy atom. The molecule has 0 saturated heterocycles. The van der Waals surface area contributed by atoms with Crippen molar-refractivity contribution in [2.75, 3.05) is 7.11 Å². The molecule has 63 valence electrons. The van der Waals surface area contributed by atoms with E-state index < -0.39 is 11.9 Å². The molecule has 0 fully saturated rings. The third-order valence-corrected chi connectivity index (χ3v) is 0.771. The maximum atomic E-state index is 10.2. The standard InChI is InChI=1S/C5H8O4.Ag/c1-9-5(8)3-2-4(6)7;/h2-3H2,1H3,(H,6,7);. The fourth-order valence-electron chi connectivity index (χ4n) is 0.311. The largest absolute Gasteiger partial charge is 0.481 e. The van der Waals surface area contributed by atoms with Gasteiger partial charge in [-0.3, -0.25) is 9.59 Å². The van der Waals surface area contributed by atoms with Gasteiger partial charge in [0.1, 0.15) is 0 Å². The molecular formula is C5H8AgO4. The fourth-order valence-corrected chi connectivity index (χ4v) is 0.311. The zero-order valence-corrected chi connectivity index (χ0v) is 6.87. The van der Waals surface area contributed by atoms with Crippen LogP contribution >= 0.6 is 0 Å². The number of esters is 1. The first-order valence-electron chi connectivity index (χ1n) is 2.45. The molecule has 0 unspecified atom stereocenters. The van der Waals surface area contributed by atoms with Gasteiger partial charge < -0.3 is 9.84 Å². The number of ether oxygens (including phenoxy) is 1. The van der Waals surface area contributed by atoms with E-state index in [0.29, 0.717) is 0 Å². The first-order valence-corrected chi connectivity index (χ1v) is 2.45. The second-order valence-corrected chi connectivity index (χ2v) is 1.47. The van der Waals surface area contributed by atoms with Crippen LogP contribution in [-0.4, -0.2) is 24.2 Å². The number of aliphatic carboxylic acids is 1. The molecule has 5 heteroatoms. The van der Waals surface area contributed by atoms with Gasteiger partial charge in [0.15, 0.2) is 0 Å². The molecule has 0 bridgehead atoms. The van der Waals surface area contributed by atoms with Gasteiger partial charge in [0, 0.05) is 22.4 Å². The summed E-state index contributed by atoms with van der Waals surface area (Å²) in [6.45, 7) is 0. The van der Waals surface area contributed by atoms with E-state index in [0.717, 1.165) is 0 Å². The van der Waals surface area contributed by atoms with Crippen molar-refractivity contribution in [2.45, 2.75) is 12.8 Å². The Morgan fingerprint density at radius 2 is 1.90 bits per heavy atom. The molecule has 10 heavy (non-hydrogen) atoms. The summed E-state index contributed by atoms with van der Waals surface area (Å²) in [7, 11) is 1.23. The molecule has 0 heterocycles. The molecule has 4 nitrogen and oxygen atoms in total. The van der Waals surface area contributed by atoms with Crippen molar-refractivity contribution in [2.24, 2.45) is 0 Å². The van der Waals surface area contributed by atoms with Crippen LogP contribution in [0.25, 0.3) is 0 Å². The Bertz CT molecular complexity index is 123. The number of hydrogen-bond donors (Lipinski definition) is 1. The molecule has 0 rings (SSSR count). The van der Waals surface area contributed by atoms with Crippen molar-refractivity contribution < 1.29 is 41.8 Å². The minimum atomic E-state index is -0.986. The predicted octanol–water partition coefficient (Wildman–Crippen LogP) is 0.0217. The maximum absolute atomic E-state index is 10.2. The zero-order chi connectivity index (χ0) is 7.28. The molecule has 0 spiro atoms. The summed E-state index contributed by atoms with van der Waals surface area (Å²) in [5.41, 5.74) is 0. The molecule has 0 aliphatic heterocycles. The van der Waals surface area contributed by atoms with Gasteiger partial charge >= 0.3 is 11.9 Å². The van der Waals surface area contributed by atoms with E-state index in [-0.39, 0.29) is 35.2 Å². The first-order chi connectivity index (χ1) is 4.16. The molecule has 0 aromatic carbocycles. The summed E-state index contributed by atoms with van der Waals surface area (Å²) in [6.07, 6.45) is -0.210. The number of carbonyl (C=O) groups is 2. The third kappa shape index (κ3) is 7.68. The van der Waals surface area contributed by atoms with Gasteiger partial charge in [-0.05, 0) is 0 Å². The average Bonchev–Trinajstić information content (AvgIpc) is 1.83. The number of methoxy groups -OCH3 is 1. The van der Waals surface area contributed by atoms with Crippen LogP contribution in [0.1, 0.15) is 12.8 Å². The van der Waals surface area contributed by atoms with Gasteiger partial charge in [-0.1, -0.05) is 0 Å². The molecule has 0 atom stereocenters. The van der Waals surface area contributed by atoms with Gasteiger partial charge in [-0.2, -0.15) is 0 Å². The van der Waals surface area contributed by atoms with Crippen LogP contribution in [0.15, 0.2) is 0 Å². The van der Waals surface area contributed by atoms with Crippen LogP contribution in [0, 0.1) is 0 Å². The summed E-state index contributed by atoms with van der Waals surface area (Å²) >= 11 is 0. The Balaban J connectivity index is 0. The number of carbonyl (C=O) groups excluding carboxylic acids is 1. The summed E-state index contributed by atoms with van der Waals surface area (Å²) < 4.78 is 4.20. The Labute approximate surface area is 74.1 Å². The van der Waals surface area contributed by atoms with Gasteiger partial charge in [0.2, 0.25) is 0 Å². The van der Waals surface area contributed by atoms with Gasteiger partial charge in [0.05, 0.1) is 20.0 Å². The number of carboxylic acid groups (broad SMARTS) is 1. The van der Waals surface area contributed by atoms with Crippen LogP contribution in [0.3, 0.4) is 0 Å². The summed E-state index contributed by atoms with van der Waals surface area (Å²) in [5, 5.41) is 8.05. The second-order valence-electron chi connectivity index (χ2n) is 1.47. The molecule has 0 amide bonds. The number of carboxylic acids is 1. The molecular weight excluding hydrogens is 232 g/mol. The predicted molar refractivity (Wildman–Crippen MR) is 28.9 cm³/mol. The molecule has 0 aromatic heterocycles. The fraction of sp³-hybridized carbons (Fsp3) is 0.600. The van der Waals surface area contributed by atoms with Crippen LogP contribution in [0.5, 0.6) is 0 Å². The van der Waals surface area contributed by atoms with Crippen molar-refractivity contribution in [1.82, 2.24) is 0 Å². The van der Waals surface area contributed by atoms with Crippen LogP contribution in [0.2, 0.25) is 0 Å². The Hall–Kier alpha value is -0.320. The van der Waals surface area contributed by atoms with E-state index in [1.54, 1.807) is 0 Å². The van der Waals surface area contributed by atoms with Crippen molar-refractivity contribution in [3.05, 3.63) is 0 Å². The monoisotopic (exact) mass is 239 g/mol. The Kier molecular flexibility index (Phi) is 8.40. The molecule has 0 aliphatic carbocycles. The third-order valence-electron chi connectivity index (χ3n) is 0.771. The van der Waals surface area contributed by atoms with Gasteiger partial charge in [0.25, 0.3) is 0 Å². The van der Waals surface area contributed by atoms with Gasteiger partial charge in [-0.25, -0.2) is 0 Å². The quantitative estimate of drug-likeness (QED) is 0.558. The van der Waals surface area contributed by atoms with E-state index in [9.17, 15) is 9.59 Å². The van der Waals surface area contributed by atoms with E-state index in [2.05, 4.69) is 4.74 Å². The van der Waals surface area contributed by atoms with E-state index in [1.807, 2.05) is 0 Å².